The molecule has 0 aromatic rings. The molecular formula is C36H70N2O2. The third-order valence-corrected chi connectivity index (χ3v) is 8.39. The second kappa shape index (κ2) is 30.6. The summed E-state index contributed by atoms with van der Waals surface area (Å²) in [5.41, 5.74) is 5.69. The van der Waals surface area contributed by atoms with Gasteiger partial charge in [0.15, 0.2) is 0 Å². The molecule has 2 unspecified atom stereocenters. The van der Waals surface area contributed by atoms with Crippen molar-refractivity contribution < 1.29 is 9.59 Å². The lowest BCUT2D eigenvalue weighted by Gasteiger charge is -2.22. The molecule has 0 saturated carbocycles. The van der Waals surface area contributed by atoms with E-state index in [-0.39, 0.29) is 23.8 Å². The van der Waals surface area contributed by atoms with Gasteiger partial charge in [-0.1, -0.05) is 154 Å². The van der Waals surface area contributed by atoms with Gasteiger partial charge in [0, 0.05) is 12.5 Å². The Morgan fingerprint density at radius 3 is 1.38 bits per heavy atom. The van der Waals surface area contributed by atoms with Gasteiger partial charge in [-0.15, -0.1) is 0 Å². The molecule has 0 fully saturated rings. The number of primary amides is 1. The molecule has 40 heavy (non-hydrogen) atoms. The van der Waals surface area contributed by atoms with Crippen molar-refractivity contribution >= 4 is 11.8 Å². The molecule has 2 amide bonds. The highest BCUT2D eigenvalue weighted by atomic mass is 16.2. The average molecular weight is 563 g/mol. The zero-order valence-electron chi connectivity index (χ0n) is 27.3. The Morgan fingerprint density at radius 2 is 0.950 bits per heavy atom. The zero-order valence-corrected chi connectivity index (χ0v) is 27.3. The van der Waals surface area contributed by atoms with Crippen molar-refractivity contribution in [2.24, 2.45) is 11.7 Å². The Morgan fingerprint density at radius 1 is 0.575 bits per heavy atom. The SMILES string of the molecule is CCCCCCCC/C=C\CCCCCCC(C(N)=O)C(C)NC(=O)CCCCCCCCCCCCCCC. The number of amides is 2. The van der Waals surface area contributed by atoms with Crippen LogP contribution in [0, 0.1) is 5.92 Å². The van der Waals surface area contributed by atoms with E-state index >= 15 is 0 Å². The summed E-state index contributed by atoms with van der Waals surface area (Å²) in [6, 6.07) is -0.183. The molecule has 0 bridgehead atoms. The Bertz CT molecular complexity index is 589. The van der Waals surface area contributed by atoms with Gasteiger partial charge < -0.3 is 11.1 Å². The van der Waals surface area contributed by atoms with Gasteiger partial charge >= 0.3 is 0 Å². The normalized spacial score (nSPS) is 13.1. The fourth-order valence-electron chi connectivity index (χ4n) is 5.63. The molecule has 2 atom stereocenters. The minimum Gasteiger partial charge on any atom is -0.369 e. The molecule has 0 spiro atoms. The average Bonchev–Trinajstić information content (AvgIpc) is 2.93. The van der Waals surface area contributed by atoms with Crippen LogP contribution in [0.2, 0.25) is 0 Å². The first-order valence-corrected chi connectivity index (χ1v) is 17.8. The number of carbonyl (C=O) groups is 2. The second-order valence-electron chi connectivity index (χ2n) is 12.4. The minimum absolute atomic E-state index is 0.0644. The van der Waals surface area contributed by atoms with E-state index in [0.717, 1.165) is 38.5 Å². The van der Waals surface area contributed by atoms with Gasteiger partial charge in [0.2, 0.25) is 11.8 Å². The largest absolute Gasteiger partial charge is 0.369 e. The van der Waals surface area contributed by atoms with Crippen LogP contribution in [0.5, 0.6) is 0 Å². The molecule has 236 valence electrons. The summed E-state index contributed by atoms with van der Waals surface area (Å²) in [5, 5.41) is 3.06. The summed E-state index contributed by atoms with van der Waals surface area (Å²) in [6.45, 7) is 6.47. The molecule has 0 aliphatic heterocycles. The van der Waals surface area contributed by atoms with Crippen LogP contribution in [-0.4, -0.2) is 17.9 Å². The molecule has 0 saturated heterocycles. The van der Waals surface area contributed by atoms with E-state index in [0.29, 0.717) is 6.42 Å². The summed E-state index contributed by atoms with van der Waals surface area (Å²) < 4.78 is 0. The van der Waals surface area contributed by atoms with Crippen LogP contribution in [0.1, 0.15) is 194 Å². The summed E-state index contributed by atoms with van der Waals surface area (Å²) >= 11 is 0. The maximum Gasteiger partial charge on any atom is 0.222 e. The molecule has 0 aromatic heterocycles. The number of nitrogens with two attached hydrogens (primary N) is 1. The first-order chi connectivity index (χ1) is 19.5. The van der Waals surface area contributed by atoms with Gasteiger partial charge in [-0.25, -0.2) is 0 Å². The first kappa shape index (κ1) is 38.7. The van der Waals surface area contributed by atoms with Gasteiger partial charge in [0.05, 0.1) is 5.92 Å². The van der Waals surface area contributed by atoms with E-state index < -0.39 is 0 Å². The lowest BCUT2D eigenvalue weighted by atomic mass is 9.93. The molecule has 0 aliphatic rings. The minimum atomic E-state index is -0.286. The Labute approximate surface area is 250 Å². The zero-order chi connectivity index (χ0) is 29.5. The lowest BCUT2D eigenvalue weighted by Crippen LogP contribution is -2.43. The summed E-state index contributed by atoms with van der Waals surface area (Å²) in [5.74, 6) is -0.492. The van der Waals surface area contributed by atoms with Crippen molar-refractivity contribution in [1.82, 2.24) is 5.32 Å². The number of allylic oxidation sites excluding steroid dienone is 2. The van der Waals surface area contributed by atoms with Crippen molar-refractivity contribution in [2.45, 2.75) is 200 Å². The van der Waals surface area contributed by atoms with Crippen molar-refractivity contribution in [3.63, 3.8) is 0 Å². The molecule has 0 rings (SSSR count). The summed E-state index contributed by atoms with van der Waals surface area (Å²) in [4.78, 5) is 24.4. The van der Waals surface area contributed by atoms with Gasteiger partial charge in [-0.2, -0.15) is 0 Å². The van der Waals surface area contributed by atoms with Crippen LogP contribution in [0.3, 0.4) is 0 Å². The number of rotatable bonds is 31. The van der Waals surface area contributed by atoms with E-state index in [2.05, 4.69) is 31.3 Å². The highest BCUT2D eigenvalue weighted by Gasteiger charge is 2.23. The van der Waals surface area contributed by atoms with Gasteiger partial charge in [0.1, 0.15) is 0 Å². The first-order valence-electron chi connectivity index (χ1n) is 17.8. The predicted molar refractivity (Wildman–Crippen MR) is 175 cm³/mol. The van der Waals surface area contributed by atoms with Crippen molar-refractivity contribution in [3.05, 3.63) is 12.2 Å². The lowest BCUT2D eigenvalue weighted by molar-refractivity contribution is -0.125. The van der Waals surface area contributed by atoms with Crippen LogP contribution < -0.4 is 11.1 Å². The van der Waals surface area contributed by atoms with Crippen LogP contribution in [-0.2, 0) is 9.59 Å². The Balaban J connectivity index is 3.73. The quantitative estimate of drug-likeness (QED) is 0.0651. The number of unbranched alkanes of at least 4 members (excludes halogenated alkanes) is 22. The van der Waals surface area contributed by atoms with Crippen LogP contribution in [0.15, 0.2) is 12.2 Å². The third-order valence-electron chi connectivity index (χ3n) is 8.39. The predicted octanol–water partition coefficient (Wildman–Crippen LogP) is 10.7. The van der Waals surface area contributed by atoms with E-state index in [1.54, 1.807) is 0 Å². The highest BCUT2D eigenvalue weighted by Crippen LogP contribution is 2.17. The third kappa shape index (κ3) is 26.9. The number of nitrogens with one attached hydrogen (secondary N) is 1. The summed E-state index contributed by atoms with van der Waals surface area (Å²) in [7, 11) is 0. The Hall–Kier alpha value is -1.32. The van der Waals surface area contributed by atoms with Crippen molar-refractivity contribution in [3.8, 4) is 0 Å². The van der Waals surface area contributed by atoms with Gasteiger partial charge in [-0.05, 0) is 45.4 Å². The molecule has 3 N–H and O–H groups in total. The highest BCUT2D eigenvalue weighted by molar-refractivity contribution is 5.80. The van der Waals surface area contributed by atoms with Crippen LogP contribution in [0.4, 0.5) is 0 Å². The molecular weight excluding hydrogens is 492 g/mol. The number of hydrogen-bond acceptors (Lipinski definition) is 2. The van der Waals surface area contributed by atoms with Gasteiger partial charge in [-0.3, -0.25) is 9.59 Å². The van der Waals surface area contributed by atoms with Crippen LogP contribution >= 0.6 is 0 Å². The molecule has 4 nitrogen and oxygen atoms in total. The standard InChI is InChI=1S/C36H70N2O2/c1-4-6-8-10-12-14-16-18-20-21-23-25-27-29-31-34(36(37)40)33(3)38-35(39)32-30-28-26-24-22-19-17-15-13-11-9-7-5-2/h18,20,33-34H,4-17,19,21-32H2,1-3H3,(H2,37,40)(H,38,39)/b20-18-. The van der Waals surface area contributed by atoms with Crippen molar-refractivity contribution in [2.75, 3.05) is 0 Å². The monoisotopic (exact) mass is 563 g/mol. The maximum absolute atomic E-state index is 12.4. The second-order valence-corrected chi connectivity index (χ2v) is 12.4. The maximum atomic E-state index is 12.4. The Kier molecular flexibility index (Phi) is 29.6. The molecule has 0 radical (unpaired) electrons. The number of carbonyl (C=O) groups excluding carboxylic acids is 2. The molecule has 0 aliphatic carbocycles. The van der Waals surface area contributed by atoms with E-state index in [4.69, 9.17) is 5.73 Å². The molecule has 4 heteroatoms. The fourth-order valence-corrected chi connectivity index (χ4v) is 5.63. The smallest absolute Gasteiger partial charge is 0.222 e. The molecule has 0 aromatic carbocycles. The van der Waals surface area contributed by atoms with Crippen LogP contribution in [0.25, 0.3) is 0 Å². The van der Waals surface area contributed by atoms with Crippen molar-refractivity contribution in [1.29, 1.82) is 0 Å². The fraction of sp³-hybridized carbons (Fsp3) is 0.889. The summed E-state index contributed by atoms with van der Waals surface area (Å²) in [6.07, 6.45) is 38.0. The number of hydrogen-bond donors (Lipinski definition) is 2. The van der Waals surface area contributed by atoms with E-state index in [1.807, 2.05) is 6.92 Å². The van der Waals surface area contributed by atoms with E-state index in [9.17, 15) is 9.59 Å². The molecule has 0 heterocycles. The topological polar surface area (TPSA) is 72.2 Å². The van der Waals surface area contributed by atoms with Gasteiger partial charge in [0.25, 0.3) is 0 Å². The van der Waals surface area contributed by atoms with E-state index in [1.165, 1.54) is 128 Å².